The molecule has 0 unspecified atom stereocenters. The van der Waals surface area contributed by atoms with E-state index in [1.165, 1.54) is 16.2 Å². The molecular formula is C20H25N3O2. The lowest BCUT2D eigenvalue weighted by Crippen LogP contribution is -2.40. The van der Waals surface area contributed by atoms with Gasteiger partial charge >= 0.3 is 0 Å². The van der Waals surface area contributed by atoms with Crippen molar-refractivity contribution in [1.29, 1.82) is 0 Å². The van der Waals surface area contributed by atoms with Crippen LogP contribution in [0.15, 0.2) is 53.5 Å². The van der Waals surface area contributed by atoms with Crippen LogP contribution in [-0.4, -0.2) is 35.0 Å². The number of carbonyl (C=O) groups is 1. The van der Waals surface area contributed by atoms with Crippen molar-refractivity contribution in [1.82, 2.24) is 14.8 Å². The average molecular weight is 339 g/mol. The first kappa shape index (κ1) is 17.4. The quantitative estimate of drug-likeness (QED) is 0.907. The second-order valence-corrected chi connectivity index (χ2v) is 6.81. The Morgan fingerprint density at radius 2 is 2.00 bits per heavy atom. The number of benzene rings is 1. The number of hydrogen-bond donors (Lipinski definition) is 1. The first-order valence-electron chi connectivity index (χ1n) is 8.83. The minimum atomic E-state index is -0.115. The van der Waals surface area contributed by atoms with Gasteiger partial charge in [0.1, 0.15) is 0 Å². The van der Waals surface area contributed by atoms with Crippen LogP contribution in [0.3, 0.4) is 0 Å². The second kappa shape index (κ2) is 8.12. The van der Waals surface area contributed by atoms with Gasteiger partial charge in [0.2, 0.25) is 5.56 Å². The van der Waals surface area contributed by atoms with Gasteiger partial charge in [-0.05, 0) is 36.9 Å². The molecule has 3 rings (SSSR count). The molecule has 25 heavy (non-hydrogen) atoms. The van der Waals surface area contributed by atoms with Gasteiger partial charge in [0.15, 0.2) is 0 Å². The molecule has 1 aromatic heterocycles. The van der Waals surface area contributed by atoms with E-state index in [2.05, 4.69) is 34.5 Å². The summed E-state index contributed by atoms with van der Waals surface area (Å²) >= 11 is 0. The standard InChI is InChI=1S/C20H25N3O2/c1-22-15-18(9-10-19(22)24)20(25)21-12-17-8-5-11-23(14-17)13-16-6-3-2-4-7-16/h2-4,6-7,9-10,15,17H,5,8,11-14H2,1H3,(H,21,25)/t17-/m1/s1. The van der Waals surface area contributed by atoms with Crippen LogP contribution in [-0.2, 0) is 13.6 Å². The molecular weight excluding hydrogens is 314 g/mol. The van der Waals surface area contributed by atoms with Gasteiger partial charge in [-0.1, -0.05) is 30.3 Å². The fourth-order valence-electron chi connectivity index (χ4n) is 3.37. The molecule has 1 aliphatic rings. The van der Waals surface area contributed by atoms with Gasteiger partial charge in [0.05, 0.1) is 5.56 Å². The number of aryl methyl sites for hydroxylation is 1. The zero-order valence-electron chi connectivity index (χ0n) is 14.6. The molecule has 2 heterocycles. The van der Waals surface area contributed by atoms with E-state index in [1.54, 1.807) is 19.3 Å². The van der Waals surface area contributed by atoms with E-state index in [0.29, 0.717) is 18.0 Å². The number of likely N-dealkylation sites (tertiary alicyclic amines) is 1. The van der Waals surface area contributed by atoms with Crippen LogP contribution in [0.2, 0.25) is 0 Å². The monoisotopic (exact) mass is 339 g/mol. The van der Waals surface area contributed by atoms with Crippen molar-refractivity contribution in [2.75, 3.05) is 19.6 Å². The highest BCUT2D eigenvalue weighted by Crippen LogP contribution is 2.18. The molecule has 0 aliphatic carbocycles. The van der Waals surface area contributed by atoms with Crippen LogP contribution in [0.5, 0.6) is 0 Å². The molecule has 1 atom stereocenters. The number of carbonyl (C=O) groups excluding carboxylic acids is 1. The summed E-state index contributed by atoms with van der Waals surface area (Å²) in [5.41, 5.74) is 1.75. The van der Waals surface area contributed by atoms with Crippen molar-refractivity contribution in [3.8, 4) is 0 Å². The Kier molecular flexibility index (Phi) is 5.66. The molecule has 5 nitrogen and oxygen atoms in total. The number of aromatic nitrogens is 1. The van der Waals surface area contributed by atoms with Gasteiger partial charge in [-0.2, -0.15) is 0 Å². The first-order valence-corrected chi connectivity index (χ1v) is 8.83. The molecule has 1 fully saturated rings. The zero-order valence-corrected chi connectivity index (χ0v) is 14.6. The van der Waals surface area contributed by atoms with Gasteiger partial charge in [-0.15, -0.1) is 0 Å². The van der Waals surface area contributed by atoms with E-state index in [1.807, 2.05) is 6.07 Å². The van der Waals surface area contributed by atoms with Crippen LogP contribution in [0.25, 0.3) is 0 Å². The Morgan fingerprint density at radius 3 is 2.76 bits per heavy atom. The molecule has 0 bridgehead atoms. The third kappa shape index (κ3) is 4.79. The summed E-state index contributed by atoms with van der Waals surface area (Å²) in [5.74, 6) is 0.352. The van der Waals surface area contributed by atoms with E-state index in [0.717, 1.165) is 32.5 Å². The van der Waals surface area contributed by atoms with Crippen LogP contribution < -0.4 is 10.9 Å². The van der Waals surface area contributed by atoms with E-state index < -0.39 is 0 Å². The van der Waals surface area contributed by atoms with E-state index in [9.17, 15) is 9.59 Å². The van der Waals surface area contributed by atoms with Crippen LogP contribution in [0.4, 0.5) is 0 Å². The Morgan fingerprint density at radius 1 is 1.20 bits per heavy atom. The highest BCUT2D eigenvalue weighted by Gasteiger charge is 2.20. The van der Waals surface area contributed by atoms with Crippen molar-refractivity contribution in [3.63, 3.8) is 0 Å². The lowest BCUT2D eigenvalue weighted by atomic mass is 9.97. The fraction of sp³-hybridized carbons (Fsp3) is 0.400. The summed E-state index contributed by atoms with van der Waals surface area (Å²) in [6.45, 7) is 3.75. The summed E-state index contributed by atoms with van der Waals surface area (Å²) in [6.07, 6.45) is 3.88. The van der Waals surface area contributed by atoms with Crippen LogP contribution in [0.1, 0.15) is 28.8 Å². The molecule has 0 saturated carbocycles. The minimum absolute atomic E-state index is 0.111. The molecule has 132 valence electrons. The molecule has 5 heteroatoms. The lowest BCUT2D eigenvalue weighted by molar-refractivity contribution is 0.0930. The average Bonchev–Trinajstić information content (AvgIpc) is 2.63. The Bertz CT molecular complexity index is 770. The summed E-state index contributed by atoms with van der Waals surface area (Å²) in [7, 11) is 1.65. The highest BCUT2D eigenvalue weighted by atomic mass is 16.2. The van der Waals surface area contributed by atoms with Gasteiger partial charge < -0.3 is 9.88 Å². The van der Waals surface area contributed by atoms with E-state index in [4.69, 9.17) is 0 Å². The predicted molar refractivity (Wildman–Crippen MR) is 98.5 cm³/mol. The number of nitrogens with zero attached hydrogens (tertiary/aromatic N) is 2. The Hall–Kier alpha value is -2.40. The van der Waals surface area contributed by atoms with Crippen LogP contribution >= 0.6 is 0 Å². The molecule has 0 radical (unpaired) electrons. The summed E-state index contributed by atoms with van der Waals surface area (Å²) < 4.78 is 1.43. The van der Waals surface area contributed by atoms with Gasteiger partial charge in [0, 0.05) is 38.9 Å². The SMILES string of the molecule is Cn1cc(C(=O)NC[C@H]2CCCN(Cc3ccccc3)C2)ccc1=O. The highest BCUT2D eigenvalue weighted by molar-refractivity contribution is 5.93. The van der Waals surface area contributed by atoms with E-state index >= 15 is 0 Å². The van der Waals surface area contributed by atoms with Crippen molar-refractivity contribution in [2.24, 2.45) is 13.0 Å². The maximum atomic E-state index is 12.3. The normalized spacial score (nSPS) is 18.0. The Balaban J connectivity index is 1.51. The van der Waals surface area contributed by atoms with Crippen molar-refractivity contribution in [2.45, 2.75) is 19.4 Å². The maximum absolute atomic E-state index is 12.3. The second-order valence-electron chi connectivity index (χ2n) is 6.81. The van der Waals surface area contributed by atoms with Crippen molar-refractivity contribution >= 4 is 5.91 Å². The fourth-order valence-corrected chi connectivity index (χ4v) is 3.37. The van der Waals surface area contributed by atoms with Gasteiger partial charge in [-0.25, -0.2) is 0 Å². The summed E-state index contributed by atoms with van der Waals surface area (Å²) in [5, 5.41) is 3.02. The zero-order chi connectivity index (χ0) is 17.6. The third-order valence-electron chi connectivity index (χ3n) is 4.75. The molecule has 1 saturated heterocycles. The third-order valence-corrected chi connectivity index (χ3v) is 4.75. The number of hydrogen-bond acceptors (Lipinski definition) is 3. The summed E-state index contributed by atoms with van der Waals surface area (Å²) in [6, 6.07) is 13.5. The summed E-state index contributed by atoms with van der Waals surface area (Å²) in [4.78, 5) is 26.2. The van der Waals surface area contributed by atoms with Gasteiger partial charge in [-0.3, -0.25) is 14.5 Å². The van der Waals surface area contributed by atoms with Crippen molar-refractivity contribution in [3.05, 3.63) is 70.1 Å². The number of pyridine rings is 1. The number of amides is 1. The van der Waals surface area contributed by atoms with Crippen molar-refractivity contribution < 1.29 is 4.79 Å². The predicted octanol–water partition coefficient (Wildman–Crippen LogP) is 2.03. The Labute approximate surface area is 148 Å². The maximum Gasteiger partial charge on any atom is 0.252 e. The van der Waals surface area contributed by atoms with Gasteiger partial charge in [0.25, 0.3) is 5.91 Å². The minimum Gasteiger partial charge on any atom is -0.352 e. The molecule has 1 N–H and O–H groups in total. The molecule has 0 spiro atoms. The lowest BCUT2D eigenvalue weighted by Gasteiger charge is -2.32. The molecule has 2 aromatic rings. The first-order chi connectivity index (χ1) is 12.1. The number of piperidine rings is 1. The number of nitrogens with one attached hydrogen (secondary N) is 1. The smallest absolute Gasteiger partial charge is 0.252 e. The van der Waals surface area contributed by atoms with Crippen LogP contribution in [0, 0.1) is 5.92 Å². The largest absolute Gasteiger partial charge is 0.352 e. The van der Waals surface area contributed by atoms with E-state index in [-0.39, 0.29) is 11.5 Å². The molecule has 1 aromatic carbocycles. The topological polar surface area (TPSA) is 54.3 Å². The number of rotatable bonds is 5. The molecule has 1 amide bonds. The molecule has 1 aliphatic heterocycles.